The molecule has 330 valence electrons. The molecule has 0 spiro atoms. The molecule has 19 heteroatoms. The van der Waals surface area contributed by atoms with Gasteiger partial charge in [0.2, 0.25) is 11.8 Å². The average Bonchev–Trinajstić information content (AvgIpc) is 3.52. The number of nitrogens with one attached hydrogen (secondary N) is 3. The van der Waals surface area contributed by atoms with Gasteiger partial charge in [-0.1, -0.05) is 41.8 Å². The fourth-order valence-electron chi connectivity index (χ4n) is 5.40. The van der Waals surface area contributed by atoms with Gasteiger partial charge >= 0.3 is 6.03 Å². The lowest BCUT2D eigenvalue weighted by Gasteiger charge is -2.24. The highest BCUT2D eigenvalue weighted by Gasteiger charge is 2.29. The van der Waals surface area contributed by atoms with Gasteiger partial charge in [-0.25, -0.2) is 4.79 Å². The van der Waals surface area contributed by atoms with Crippen LogP contribution in [0.25, 0.3) is 0 Å². The summed E-state index contributed by atoms with van der Waals surface area (Å²) in [5.74, 6) is -2.59. The van der Waals surface area contributed by atoms with E-state index < -0.39 is 18.0 Å². The van der Waals surface area contributed by atoms with Crippen LogP contribution >= 0.6 is 9.24 Å². The van der Waals surface area contributed by atoms with Crippen molar-refractivity contribution in [3.63, 3.8) is 0 Å². The number of Topliss-reactive ketones (excluding diaryl/α,β-unsaturated/α-hetero) is 1. The number of carbonyl (C=O) groups is 6. The van der Waals surface area contributed by atoms with E-state index in [1.165, 1.54) is 12.2 Å². The number of primary amides is 1. The number of benzene rings is 1. The first-order valence-electron chi connectivity index (χ1n) is 19.7. The van der Waals surface area contributed by atoms with Crippen LogP contribution in [0.1, 0.15) is 45.1 Å². The predicted molar refractivity (Wildman–Crippen MR) is 221 cm³/mol. The Morgan fingerprint density at radius 2 is 1.29 bits per heavy atom. The number of hydrogen-bond acceptors (Lipinski definition) is 13. The Hall–Kier alpha value is -4.29. The molecule has 6 amide bonds. The van der Waals surface area contributed by atoms with E-state index in [4.69, 9.17) is 38.9 Å². The van der Waals surface area contributed by atoms with E-state index in [-0.39, 0.29) is 81.1 Å². The smallest absolute Gasteiger partial charge is 0.312 e. The normalized spacial score (nSPS) is 13.4. The molecule has 3 atom stereocenters. The van der Waals surface area contributed by atoms with Crippen molar-refractivity contribution in [1.29, 1.82) is 0 Å². The van der Waals surface area contributed by atoms with Crippen molar-refractivity contribution in [2.75, 3.05) is 97.7 Å². The fourth-order valence-corrected chi connectivity index (χ4v) is 5.48. The Balaban J connectivity index is 1.56. The molecule has 1 aromatic rings. The maximum Gasteiger partial charge on any atom is 0.312 e. The maximum atomic E-state index is 13.5. The van der Waals surface area contributed by atoms with Crippen LogP contribution < -0.4 is 21.7 Å². The van der Waals surface area contributed by atoms with E-state index in [9.17, 15) is 28.8 Å². The number of nitrogens with two attached hydrogens (primary N) is 1. The summed E-state index contributed by atoms with van der Waals surface area (Å²) in [6.07, 6.45) is 3.13. The molecule has 5 N–H and O–H groups in total. The van der Waals surface area contributed by atoms with E-state index in [0.717, 1.165) is 10.5 Å². The summed E-state index contributed by atoms with van der Waals surface area (Å²) < 4.78 is 38.1. The van der Waals surface area contributed by atoms with Crippen molar-refractivity contribution in [2.24, 2.45) is 17.6 Å². The number of anilines is 1. The molecule has 0 fully saturated rings. The maximum absolute atomic E-state index is 13.5. The Labute approximate surface area is 348 Å². The molecule has 0 bridgehead atoms. The Morgan fingerprint density at radius 3 is 1.78 bits per heavy atom. The molecule has 0 saturated heterocycles. The molecule has 0 saturated carbocycles. The number of imide groups is 1. The summed E-state index contributed by atoms with van der Waals surface area (Å²) in [5, 5.41) is 8.17. The number of urea groups is 1. The first-order valence-corrected chi connectivity index (χ1v) is 20.3. The van der Waals surface area contributed by atoms with Crippen LogP contribution in [0.4, 0.5) is 10.5 Å². The lowest BCUT2D eigenvalue weighted by atomic mass is 9.89. The number of nitrogens with zero attached hydrogens (tertiary/aromatic N) is 1. The molecule has 2 rings (SSSR count). The summed E-state index contributed by atoms with van der Waals surface area (Å²) in [7, 11) is 2.37. The first-order chi connectivity index (χ1) is 28.4. The van der Waals surface area contributed by atoms with Crippen molar-refractivity contribution in [3.8, 4) is 0 Å². The minimum Gasteiger partial charge on any atom is -0.490 e. The van der Waals surface area contributed by atoms with E-state index in [1.54, 1.807) is 12.1 Å². The van der Waals surface area contributed by atoms with Crippen LogP contribution in [0, 0.1) is 11.8 Å². The second kappa shape index (κ2) is 30.7. The second-order valence-electron chi connectivity index (χ2n) is 13.6. The highest BCUT2D eigenvalue weighted by Crippen LogP contribution is 2.20. The second-order valence-corrected chi connectivity index (χ2v) is 14.3. The molecular formula is C40H62N5O13P. The summed E-state index contributed by atoms with van der Waals surface area (Å²) in [6, 6.07) is 5.63. The van der Waals surface area contributed by atoms with E-state index in [2.05, 4.69) is 31.8 Å². The van der Waals surface area contributed by atoms with Gasteiger partial charge in [0.15, 0.2) is 5.78 Å². The Morgan fingerprint density at radius 1 is 0.780 bits per heavy atom. The van der Waals surface area contributed by atoms with Crippen LogP contribution in [0.15, 0.2) is 48.5 Å². The molecule has 1 heterocycles. The van der Waals surface area contributed by atoms with Crippen LogP contribution in [0.5, 0.6) is 0 Å². The lowest BCUT2D eigenvalue weighted by molar-refractivity contribution is -0.137. The zero-order valence-corrected chi connectivity index (χ0v) is 35.4. The molecule has 1 aliphatic heterocycles. The zero-order valence-electron chi connectivity index (χ0n) is 34.2. The summed E-state index contributed by atoms with van der Waals surface area (Å²) >= 11 is 0. The largest absolute Gasteiger partial charge is 0.490 e. The number of hydrogen-bond donors (Lipinski definition) is 4. The molecule has 0 aliphatic carbocycles. The van der Waals surface area contributed by atoms with Crippen molar-refractivity contribution in [2.45, 2.75) is 52.2 Å². The molecule has 0 radical (unpaired) electrons. The Bertz CT molecular complexity index is 1480. The van der Waals surface area contributed by atoms with Gasteiger partial charge in [0.25, 0.3) is 11.8 Å². The summed E-state index contributed by atoms with van der Waals surface area (Å²) in [5.41, 5.74) is 7.12. The third-order valence-corrected chi connectivity index (χ3v) is 8.68. The van der Waals surface area contributed by atoms with Gasteiger partial charge in [-0.05, 0) is 36.5 Å². The Kier molecular flexibility index (Phi) is 26.5. The predicted octanol–water partition coefficient (Wildman–Crippen LogP) is 2.07. The topological polar surface area (TPSA) is 232 Å². The minimum absolute atomic E-state index is 0.0384. The zero-order chi connectivity index (χ0) is 43.3. The molecule has 59 heavy (non-hydrogen) atoms. The van der Waals surface area contributed by atoms with E-state index in [0.29, 0.717) is 90.1 Å². The van der Waals surface area contributed by atoms with Gasteiger partial charge < -0.3 is 54.8 Å². The van der Waals surface area contributed by atoms with Gasteiger partial charge in [-0.2, -0.15) is 0 Å². The standard InChI is InChI=1S/C40H62N5O13P/c1-29(2)38(34(46)27-32(5-4-13-42-40(41)51)39(50)43-33-8-6-31(7-9-33)28-58-30(3)59)44-35(47)12-15-52-17-19-54-21-23-56-25-26-57-24-22-55-20-18-53-16-14-45-36(48)10-11-37(45)49/h6-11,29,32,38H,3-5,12-28,59H2,1-2H3,(H,43,50)(H,44,47)(H3,41,42,51)/t32-,38+/m1/s1. The summed E-state index contributed by atoms with van der Waals surface area (Å²) in [6.45, 7) is 12.1. The quantitative estimate of drug-likeness (QED) is 0.0332. The van der Waals surface area contributed by atoms with Crippen LogP contribution in [0.2, 0.25) is 0 Å². The number of ketones is 1. The van der Waals surface area contributed by atoms with Crippen molar-refractivity contribution in [1.82, 2.24) is 15.5 Å². The molecule has 1 unspecified atom stereocenters. The van der Waals surface area contributed by atoms with Gasteiger partial charge in [-0.15, -0.1) is 0 Å². The monoisotopic (exact) mass is 851 g/mol. The van der Waals surface area contributed by atoms with Crippen LogP contribution in [-0.2, 0) is 63.7 Å². The third-order valence-electron chi connectivity index (χ3n) is 8.52. The fraction of sp³-hybridized carbons (Fsp3) is 0.600. The van der Waals surface area contributed by atoms with Crippen LogP contribution in [0.3, 0.4) is 0 Å². The number of carbonyl (C=O) groups excluding carboxylic acids is 6. The lowest BCUT2D eigenvalue weighted by Crippen LogP contribution is -2.45. The highest BCUT2D eigenvalue weighted by atomic mass is 31.0. The van der Waals surface area contributed by atoms with Gasteiger partial charge in [0.1, 0.15) is 12.1 Å². The molecule has 1 aliphatic rings. The van der Waals surface area contributed by atoms with Crippen LogP contribution in [-0.4, -0.2) is 139 Å². The number of rotatable bonds is 35. The SMILES string of the molecule is C=C(P)OCc1ccc(NC(=O)[C@H](CCCNC(N)=O)CC(=O)[C@@H](NC(=O)CCOCCOCCOCCOCCOCCOCCN2C(=O)C=CC2=O)C(C)C)cc1. The molecule has 18 nitrogen and oxygen atoms in total. The van der Waals surface area contributed by atoms with Crippen molar-refractivity contribution >= 4 is 50.4 Å². The summed E-state index contributed by atoms with van der Waals surface area (Å²) in [4.78, 5) is 74.8. The van der Waals surface area contributed by atoms with Crippen molar-refractivity contribution in [3.05, 3.63) is 54.1 Å². The number of ether oxygens (including phenoxy) is 7. The molecule has 1 aromatic carbocycles. The first kappa shape index (κ1) is 50.9. The highest BCUT2D eigenvalue weighted by molar-refractivity contribution is 7.21. The third kappa shape index (κ3) is 23.8. The minimum atomic E-state index is -0.807. The van der Waals surface area contributed by atoms with E-state index >= 15 is 0 Å². The van der Waals surface area contributed by atoms with E-state index in [1.807, 2.05) is 26.0 Å². The molecule has 0 aromatic heterocycles. The van der Waals surface area contributed by atoms with Gasteiger partial charge in [-0.3, -0.25) is 28.9 Å². The average molecular weight is 852 g/mol. The van der Waals surface area contributed by atoms with Gasteiger partial charge in [0.05, 0.1) is 91.9 Å². The van der Waals surface area contributed by atoms with Crippen molar-refractivity contribution < 1.29 is 61.9 Å². The molecular weight excluding hydrogens is 789 g/mol. The van der Waals surface area contributed by atoms with Gasteiger partial charge in [0, 0.05) is 43.1 Å². The number of amides is 6.